The molecule has 108 valence electrons. The third-order valence-corrected chi connectivity index (χ3v) is 3.48. The summed E-state index contributed by atoms with van der Waals surface area (Å²) in [4.78, 5) is 6.11. The second kappa shape index (κ2) is 6.06. The van der Waals surface area contributed by atoms with Crippen LogP contribution in [0.1, 0.15) is 54.0 Å². The molecule has 1 rings (SSSR count). The van der Waals surface area contributed by atoms with E-state index >= 15 is 0 Å². The first-order valence-electron chi connectivity index (χ1n) is 7.08. The van der Waals surface area contributed by atoms with Crippen LogP contribution in [0.4, 0.5) is 0 Å². The molecular formula is C17H29NO. The Morgan fingerprint density at radius 1 is 1.00 bits per heavy atom. The largest absolute Gasteiger partial charge is 0.293 e. The molecule has 0 radical (unpaired) electrons. The van der Waals surface area contributed by atoms with Crippen molar-refractivity contribution < 1.29 is 4.84 Å². The zero-order chi connectivity index (χ0) is 14.7. The summed E-state index contributed by atoms with van der Waals surface area (Å²) in [6.45, 7) is 16.2. The van der Waals surface area contributed by atoms with Gasteiger partial charge in [0.1, 0.15) is 0 Å². The number of hydroxylamine groups is 2. The summed E-state index contributed by atoms with van der Waals surface area (Å²) in [7, 11) is 0. The Morgan fingerprint density at radius 3 is 1.95 bits per heavy atom. The smallest absolute Gasteiger partial charge is 0.0936 e. The van der Waals surface area contributed by atoms with E-state index in [1.165, 1.54) is 5.56 Å². The second-order valence-electron chi connectivity index (χ2n) is 7.30. The summed E-state index contributed by atoms with van der Waals surface area (Å²) in [5.41, 5.74) is 1.38. The standard InChI is InChI=1S/C17H29NO/c1-14(16(2,3)4)18(17(5,6)7)19-13-15-11-9-8-10-12-15/h8-12,14H,13H2,1-7H3. The Kier molecular flexibility index (Phi) is 5.17. The van der Waals surface area contributed by atoms with E-state index in [4.69, 9.17) is 4.84 Å². The molecule has 2 nitrogen and oxygen atoms in total. The van der Waals surface area contributed by atoms with E-state index in [9.17, 15) is 0 Å². The van der Waals surface area contributed by atoms with Gasteiger partial charge in [0, 0.05) is 11.6 Å². The number of hydrogen-bond acceptors (Lipinski definition) is 2. The van der Waals surface area contributed by atoms with Gasteiger partial charge in [-0.1, -0.05) is 51.1 Å². The van der Waals surface area contributed by atoms with Crippen molar-refractivity contribution in [3.63, 3.8) is 0 Å². The van der Waals surface area contributed by atoms with Gasteiger partial charge < -0.3 is 0 Å². The average Bonchev–Trinajstić information content (AvgIpc) is 2.27. The molecule has 1 aromatic carbocycles. The molecule has 0 N–H and O–H groups in total. The summed E-state index contributed by atoms with van der Waals surface area (Å²) in [5.74, 6) is 0. The molecule has 0 aliphatic carbocycles. The van der Waals surface area contributed by atoms with Crippen LogP contribution in [0.5, 0.6) is 0 Å². The van der Waals surface area contributed by atoms with E-state index in [1.54, 1.807) is 0 Å². The Labute approximate surface area is 118 Å². The SMILES string of the molecule is CC(N(OCc1ccccc1)C(C)(C)C)C(C)(C)C. The van der Waals surface area contributed by atoms with Crippen LogP contribution in [-0.4, -0.2) is 16.6 Å². The van der Waals surface area contributed by atoms with E-state index in [2.05, 4.69) is 65.7 Å². The van der Waals surface area contributed by atoms with Crippen LogP contribution < -0.4 is 0 Å². The minimum Gasteiger partial charge on any atom is -0.293 e. The van der Waals surface area contributed by atoms with Gasteiger partial charge in [0.15, 0.2) is 0 Å². The predicted molar refractivity (Wildman–Crippen MR) is 81.7 cm³/mol. The van der Waals surface area contributed by atoms with Crippen LogP contribution >= 0.6 is 0 Å². The first-order valence-corrected chi connectivity index (χ1v) is 7.08. The van der Waals surface area contributed by atoms with Gasteiger partial charge in [0.25, 0.3) is 0 Å². The van der Waals surface area contributed by atoms with Gasteiger partial charge in [-0.15, -0.1) is 0 Å². The fourth-order valence-electron chi connectivity index (χ4n) is 1.96. The van der Waals surface area contributed by atoms with E-state index in [1.807, 2.05) is 18.2 Å². The first-order chi connectivity index (χ1) is 8.62. The molecule has 0 aliphatic rings. The number of benzene rings is 1. The maximum Gasteiger partial charge on any atom is 0.0936 e. The minimum absolute atomic E-state index is 0.0124. The van der Waals surface area contributed by atoms with Crippen molar-refractivity contribution in [1.82, 2.24) is 5.06 Å². The molecular weight excluding hydrogens is 234 g/mol. The zero-order valence-electron chi connectivity index (χ0n) is 13.5. The van der Waals surface area contributed by atoms with Gasteiger partial charge >= 0.3 is 0 Å². The third kappa shape index (κ3) is 4.96. The maximum absolute atomic E-state index is 6.11. The monoisotopic (exact) mass is 263 g/mol. The van der Waals surface area contributed by atoms with Crippen LogP contribution in [-0.2, 0) is 11.4 Å². The van der Waals surface area contributed by atoms with Crippen LogP contribution in [0, 0.1) is 5.41 Å². The fourth-order valence-corrected chi connectivity index (χ4v) is 1.96. The molecule has 2 heteroatoms. The highest BCUT2D eigenvalue weighted by Gasteiger charge is 2.34. The molecule has 0 saturated heterocycles. The van der Waals surface area contributed by atoms with E-state index in [-0.39, 0.29) is 11.0 Å². The Balaban J connectivity index is 2.77. The molecule has 1 aromatic rings. The van der Waals surface area contributed by atoms with Gasteiger partial charge in [0.2, 0.25) is 0 Å². The summed E-state index contributed by atoms with van der Waals surface area (Å²) < 4.78 is 0. The van der Waals surface area contributed by atoms with Crippen molar-refractivity contribution in [3.05, 3.63) is 35.9 Å². The predicted octanol–water partition coefficient (Wildman–Crippen LogP) is 4.65. The van der Waals surface area contributed by atoms with Crippen molar-refractivity contribution in [2.24, 2.45) is 5.41 Å². The maximum atomic E-state index is 6.11. The van der Waals surface area contributed by atoms with Crippen LogP contribution in [0.3, 0.4) is 0 Å². The lowest BCUT2D eigenvalue weighted by molar-refractivity contribution is -0.256. The Bertz CT molecular complexity index is 372. The molecule has 0 spiro atoms. The van der Waals surface area contributed by atoms with Gasteiger partial charge in [-0.2, -0.15) is 5.06 Å². The van der Waals surface area contributed by atoms with Crippen LogP contribution in [0.15, 0.2) is 30.3 Å². The van der Waals surface area contributed by atoms with Crippen molar-refractivity contribution in [3.8, 4) is 0 Å². The lowest BCUT2D eigenvalue weighted by Crippen LogP contribution is -2.51. The number of rotatable bonds is 4. The number of hydrogen-bond donors (Lipinski definition) is 0. The summed E-state index contributed by atoms with van der Waals surface area (Å²) in [5, 5.41) is 2.14. The quantitative estimate of drug-likeness (QED) is 0.733. The van der Waals surface area contributed by atoms with Gasteiger partial charge in [-0.3, -0.25) is 4.84 Å². The molecule has 0 amide bonds. The zero-order valence-corrected chi connectivity index (χ0v) is 13.5. The lowest BCUT2D eigenvalue weighted by Gasteiger charge is -2.44. The highest BCUT2D eigenvalue weighted by atomic mass is 16.7. The van der Waals surface area contributed by atoms with Crippen molar-refractivity contribution in [2.45, 2.75) is 66.7 Å². The minimum atomic E-state index is -0.0124. The highest BCUT2D eigenvalue weighted by Crippen LogP contribution is 2.30. The molecule has 1 atom stereocenters. The third-order valence-electron chi connectivity index (χ3n) is 3.48. The summed E-state index contributed by atoms with van der Waals surface area (Å²) >= 11 is 0. The van der Waals surface area contributed by atoms with Crippen molar-refractivity contribution in [2.75, 3.05) is 0 Å². The van der Waals surface area contributed by atoms with Crippen molar-refractivity contribution in [1.29, 1.82) is 0 Å². The van der Waals surface area contributed by atoms with Crippen molar-refractivity contribution >= 4 is 0 Å². The second-order valence-corrected chi connectivity index (χ2v) is 7.30. The highest BCUT2D eigenvalue weighted by molar-refractivity contribution is 5.13. The Morgan fingerprint density at radius 2 is 1.53 bits per heavy atom. The van der Waals surface area contributed by atoms with Gasteiger partial charge in [0.05, 0.1) is 6.61 Å². The molecule has 1 unspecified atom stereocenters. The Hall–Kier alpha value is -0.860. The normalized spacial score (nSPS) is 14.7. The molecule has 0 aromatic heterocycles. The number of nitrogens with zero attached hydrogens (tertiary/aromatic N) is 1. The summed E-state index contributed by atoms with van der Waals surface area (Å²) in [6, 6.07) is 10.7. The van der Waals surface area contributed by atoms with E-state index in [0.29, 0.717) is 12.6 Å². The van der Waals surface area contributed by atoms with Crippen LogP contribution in [0.25, 0.3) is 0 Å². The molecule has 0 bridgehead atoms. The van der Waals surface area contributed by atoms with Gasteiger partial charge in [-0.25, -0.2) is 0 Å². The lowest BCUT2D eigenvalue weighted by atomic mass is 9.86. The fraction of sp³-hybridized carbons (Fsp3) is 0.647. The van der Waals surface area contributed by atoms with Crippen LogP contribution in [0.2, 0.25) is 0 Å². The first kappa shape index (κ1) is 16.2. The van der Waals surface area contributed by atoms with Gasteiger partial charge in [-0.05, 0) is 38.7 Å². The average molecular weight is 263 g/mol. The van der Waals surface area contributed by atoms with E-state index in [0.717, 1.165) is 0 Å². The molecule has 0 heterocycles. The topological polar surface area (TPSA) is 12.5 Å². The molecule has 0 saturated carbocycles. The molecule has 19 heavy (non-hydrogen) atoms. The molecule has 0 aliphatic heterocycles. The molecule has 0 fully saturated rings. The summed E-state index contributed by atoms with van der Waals surface area (Å²) in [6.07, 6.45) is 0. The van der Waals surface area contributed by atoms with E-state index < -0.39 is 0 Å².